The van der Waals surface area contributed by atoms with Crippen molar-refractivity contribution in [1.29, 1.82) is 0 Å². The number of anilines is 1. The Labute approximate surface area is 161 Å². The van der Waals surface area contributed by atoms with Crippen LogP contribution in [0.5, 0.6) is 5.75 Å². The van der Waals surface area contributed by atoms with E-state index in [-0.39, 0.29) is 16.9 Å². The molecule has 0 aliphatic carbocycles. The van der Waals surface area contributed by atoms with Crippen LogP contribution in [0.2, 0.25) is 0 Å². The van der Waals surface area contributed by atoms with Crippen molar-refractivity contribution >= 4 is 21.6 Å². The zero-order valence-corrected chi connectivity index (χ0v) is 16.9. The second-order valence-electron chi connectivity index (χ2n) is 7.08. The van der Waals surface area contributed by atoms with E-state index in [2.05, 4.69) is 30.8 Å². The van der Waals surface area contributed by atoms with Crippen LogP contribution in [0.15, 0.2) is 53.4 Å². The number of nitrogens with one attached hydrogen (secondary N) is 2. The molecule has 0 aromatic heterocycles. The van der Waals surface area contributed by atoms with E-state index in [1.165, 1.54) is 0 Å². The van der Waals surface area contributed by atoms with Crippen LogP contribution < -0.4 is 14.8 Å². The van der Waals surface area contributed by atoms with Crippen molar-refractivity contribution in [3.8, 4) is 5.75 Å². The van der Waals surface area contributed by atoms with Crippen LogP contribution in [0, 0.1) is 0 Å². The van der Waals surface area contributed by atoms with Crippen molar-refractivity contribution < 1.29 is 17.9 Å². The predicted octanol–water partition coefficient (Wildman–Crippen LogP) is 3.30. The van der Waals surface area contributed by atoms with Gasteiger partial charge in [0, 0.05) is 0 Å². The fourth-order valence-electron chi connectivity index (χ4n) is 2.42. The molecule has 0 spiro atoms. The molecule has 0 heterocycles. The first-order valence-electron chi connectivity index (χ1n) is 8.75. The number of amides is 1. The molecule has 0 atom stereocenters. The van der Waals surface area contributed by atoms with Gasteiger partial charge in [0.05, 0.1) is 23.7 Å². The number of carbonyl (C=O) groups is 1. The van der Waals surface area contributed by atoms with Crippen LogP contribution in [0.3, 0.4) is 0 Å². The van der Waals surface area contributed by atoms with Crippen molar-refractivity contribution in [3.63, 3.8) is 0 Å². The van der Waals surface area contributed by atoms with Gasteiger partial charge in [0.2, 0.25) is 15.9 Å². The molecule has 0 aliphatic rings. The topological polar surface area (TPSA) is 84.5 Å². The molecule has 27 heavy (non-hydrogen) atoms. The first-order valence-corrected chi connectivity index (χ1v) is 10.2. The number of ether oxygens (including phenoxy) is 1. The summed E-state index contributed by atoms with van der Waals surface area (Å²) in [6.07, 6.45) is 0. The molecule has 0 aliphatic heterocycles. The van der Waals surface area contributed by atoms with Gasteiger partial charge in [-0.1, -0.05) is 45.0 Å². The van der Waals surface area contributed by atoms with Crippen molar-refractivity contribution in [3.05, 3.63) is 54.1 Å². The molecular weight excluding hydrogens is 364 g/mol. The monoisotopic (exact) mass is 390 g/mol. The second-order valence-corrected chi connectivity index (χ2v) is 8.84. The van der Waals surface area contributed by atoms with E-state index in [1.54, 1.807) is 48.5 Å². The van der Waals surface area contributed by atoms with E-state index in [4.69, 9.17) is 4.74 Å². The molecule has 2 aromatic carbocycles. The Bertz CT molecular complexity index is 885. The molecule has 1 amide bonds. The van der Waals surface area contributed by atoms with Crippen LogP contribution in [0.25, 0.3) is 0 Å². The molecule has 2 aromatic rings. The van der Waals surface area contributed by atoms with Crippen LogP contribution >= 0.6 is 0 Å². The smallest absolute Gasteiger partial charge is 0.241 e. The molecule has 6 nitrogen and oxygen atoms in total. The summed E-state index contributed by atoms with van der Waals surface area (Å²) in [5.41, 5.74) is 1.47. The minimum atomic E-state index is -3.77. The molecule has 146 valence electrons. The van der Waals surface area contributed by atoms with Gasteiger partial charge in [0.1, 0.15) is 5.75 Å². The summed E-state index contributed by atoms with van der Waals surface area (Å²) in [6.45, 7) is 8.10. The minimum absolute atomic E-state index is 0.0659. The molecule has 2 rings (SSSR count). The predicted molar refractivity (Wildman–Crippen MR) is 107 cm³/mol. The summed E-state index contributed by atoms with van der Waals surface area (Å²) in [5, 5.41) is 2.66. The molecule has 0 unspecified atom stereocenters. The number of benzene rings is 2. The molecule has 0 radical (unpaired) electrons. The summed E-state index contributed by atoms with van der Waals surface area (Å²) in [6, 6.07) is 13.7. The van der Waals surface area contributed by atoms with E-state index in [9.17, 15) is 13.2 Å². The van der Waals surface area contributed by atoms with E-state index in [0.29, 0.717) is 18.0 Å². The average Bonchev–Trinajstić information content (AvgIpc) is 2.61. The first kappa shape index (κ1) is 20.9. The van der Waals surface area contributed by atoms with Crippen LogP contribution in [-0.2, 0) is 20.2 Å². The largest absolute Gasteiger partial charge is 0.492 e. The van der Waals surface area contributed by atoms with Crippen molar-refractivity contribution in [2.45, 2.75) is 38.0 Å². The molecule has 0 saturated heterocycles. The molecule has 0 bridgehead atoms. The Hall–Kier alpha value is -2.38. The van der Waals surface area contributed by atoms with Crippen molar-refractivity contribution in [2.75, 3.05) is 18.5 Å². The molecule has 2 N–H and O–H groups in total. The number of hydrogen-bond donors (Lipinski definition) is 2. The van der Waals surface area contributed by atoms with E-state index >= 15 is 0 Å². The Morgan fingerprint density at radius 1 is 1.04 bits per heavy atom. The summed E-state index contributed by atoms with van der Waals surface area (Å²) in [7, 11) is -3.77. The number of para-hydroxylation sites is 2. The van der Waals surface area contributed by atoms with Crippen molar-refractivity contribution in [1.82, 2.24) is 4.72 Å². The van der Waals surface area contributed by atoms with Gasteiger partial charge in [0.25, 0.3) is 0 Å². The maximum atomic E-state index is 12.4. The van der Waals surface area contributed by atoms with Gasteiger partial charge in [-0.3, -0.25) is 4.79 Å². The molecule has 0 saturated carbocycles. The number of hydrogen-bond acceptors (Lipinski definition) is 4. The second kappa shape index (κ2) is 8.54. The normalized spacial score (nSPS) is 11.9. The maximum absolute atomic E-state index is 12.4. The summed E-state index contributed by atoms with van der Waals surface area (Å²) >= 11 is 0. The van der Waals surface area contributed by atoms with Gasteiger partial charge in [-0.2, -0.15) is 0 Å². The first-order chi connectivity index (χ1) is 12.6. The number of carbonyl (C=O) groups excluding carboxylic acids is 1. The lowest BCUT2D eigenvalue weighted by Crippen LogP contribution is -2.33. The molecule has 0 fully saturated rings. The van der Waals surface area contributed by atoms with Gasteiger partial charge >= 0.3 is 0 Å². The third-order valence-electron chi connectivity index (χ3n) is 3.91. The lowest BCUT2D eigenvalue weighted by atomic mass is 9.87. The standard InChI is InChI=1S/C20H26N2O4S/c1-5-26-18-9-7-6-8-17(18)22-19(23)14-21-27(24,25)16-12-10-15(11-13-16)20(2,3)4/h6-13,21H,5,14H2,1-4H3,(H,22,23). The lowest BCUT2D eigenvalue weighted by Gasteiger charge is -2.19. The lowest BCUT2D eigenvalue weighted by molar-refractivity contribution is -0.115. The number of sulfonamides is 1. The Morgan fingerprint density at radius 3 is 2.26 bits per heavy atom. The summed E-state index contributed by atoms with van der Waals surface area (Å²) in [5.74, 6) is 0.0611. The highest BCUT2D eigenvalue weighted by Gasteiger charge is 2.18. The quantitative estimate of drug-likeness (QED) is 0.760. The SMILES string of the molecule is CCOc1ccccc1NC(=O)CNS(=O)(=O)c1ccc(C(C)(C)C)cc1. The van der Waals surface area contributed by atoms with Crippen LogP contribution in [0.4, 0.5) is 5.69 Å². The Morgan fingerprint density at radius 2 is 1.67 bits per heavy atom. The average molecular weight is 391 g/mol. The molecule has 7 heteroatoms. The van der Waals surface area contributed by atoms with Gasteiger partial charge in [-0.05, 0) is 42.2 Å². The molecular formula is C20H26N2O4S. The van der Waals surface area contributed by atoms with Gasteiger partial charge in [0.15, 0.2) is 0 Å². The summed E-state index contributed by atoms with van der Waals surface area (Å²) in [4.78, 5) is 12.3. The van der Waals surface area contributed by atoms with Crippen molar-refractivity contribution in [2.24, 2.45) is 0 Å². The Balaban J connectivity index is 2.02. The fraction of sp³-hybridized carbons (Fsp3) is 0.350. The highest BCUT2D eigenvalue weighted by atomic mass is 32.2. The van der Waals surface area contributed by atoms with Crippen LogP contribution in [0.1, 0.15) is 33.3 Å². The highest BCUT2D eigenvalue weighted by molar-refractivity contribution is 7.89. The van der Waals surface area contributed by atoms with E-state index in [0.717, 1.165) is 5.56 Å². The third-order valence-corrected chi connectivity index (χ3v) is 5.33. The Kier molecular flexibility index (Phi) is 6.62. The zero-order chi connectivity index (χ0) is 20.1. The van der Waals surface area contributed by atoms with Crippen LogP contribution in [-0.4, -0.2) is 27.5 Å². The minimum Gasteiger partial charge on any atom is -0.492 e. The zero-order valence-electron chi connectivity index (χ0n) is 16.1. The van der Waals surface area contributed by atoms with E-state index < -0.39 is 15.9 Å². The van der Waals surface area contributed by atoms with Gasteiger partial charge < -0.3 is 10.1 Å². The van der Waals surface area contributed by atoms with E-state index in [1.807, 2.05) is 6.92 Å². The highest BCUT2D eigenvalue weighted by Crippen LogP contribution is 2.24. The van der Waals surface area contributed by atoms with Gasteiger partial charge in [-0.25, -0.2) is 13.1 Å². The third kappa shape index (κ3) is 5.80. The fourth-order valence-corrected chi connectivity index (χ4v) is 3.41. The number of rotatable bonds is 7. The van der Waals surface area contributed by atoms with Gasteiger partial charge in [-0.15, -0.1) is 0 Å². The maximum Gasteiger partial charge on any atom is 0.241 e. The summed E-state index contributed by atoms with van der Waals surface area (Å²) < 4.78 is 32.6.